The zero-order chi connectivity index (χ0) is 16.4. The van der Waals surface area contributed by atoms with E-state index in [1.807, 2.05) is 6.07 Å². The van der Waals surface area contributed by atoms with Gasteiger partial charge >= 0.3 is 5.97 Å². The number of benzene rings is 1. The third-order valence-corrected chi connectivity index (χ3v) is 5.34. The average Bonchev–Trinajstić information content (AvgIpc) is 3.34. The van der Waals surface area contributed by atoms with E-state index >= 15 is 0 Å². The predicted molar refractivity (Wildman–Crippen MR) is 83.4 cm³/mol. The van der Waals surface area contributed by atoms with E-state index in [-0.39, 0.29) is 29.0 Å². The maximum atomic E-state index is 13.4. The van der Waals surface area contributed by atoms with Crippen LogP contribution in [0.5, 0.6) is 0 Å². The largest absolute Gasteiger partial charge is 0.481 e. The summed E-state index contributed by atoms with van der Waals surface area (Å²) in [6, 6.07) is 6.61. The first kappa shape index (κ1) is 16.0. The summed E-state index contributed by atoms with van der Waals surface area (Å²) in [7, 11) is 0. The van der Waals surface area contributed by atoms with Crippen LogP contribution in [0, 0.1) is 17.7 Å². The van der Waals surface area contributed by atoms with Crippen molar-refractivity contribution in [3.63, 3.8) is 0 Å². The first-order valence-electron chi connectivity index (χ1n) is 8.27. The molecule has 1 amide bonds. The Morgan fingerprint density at radius 3 is 2.39 bits per heavy atom. The van der Waals surface area contributed by atoms with Crippen LogP contribution in [-0.4, -0.2) is 23.5 Å². The normalized spacial score (nSPS) is 25.6. The van der Waals surface area contributed by atoms with Crippen LogP contribution in [0.2, 0.25) is 0 Å². The van der Waals surface area contributed by atoms with Crippen LogP contribution in [0.4, 0.5) is 4.39 Å². The van der Waals surface area contributed by atoms with Crippen molar-refractivity contribution in [2.75, 3.05) is 6.54 Å². The van der Waals surface area contributed by atoms with Crippen molar-refractivity contribution in [1.82, 2.24) is 5.32 Å². The molecule has 0 unspecified atom stereocenters. The molecule has 0 aliphatic heterocycles. The van der Waals surface area contributed by atoms with Gasteiger partial charge in [-0.05, 0) is 56.2 Å². The summed E-state index contributed by atoms with van der Waals surface area (Å²) in [5.41, 5.74) is 0.836. The molecule has 0 radical (unpaired) electrons. The third-order valence-electron chi connectivity index (χ3n) is 5.34. The first-order valence-corrected chi connectivity index (χ1v) is 8.27. The molecule has 0 aromatic heterocycles. The minimum absolute atomic E-state index is 0.0107. The fourth-order valence-electron chi connectivity index (χ4n) is 3.54. The SMILES string of the molecule is O=C(O)C1CCC(C(=O)NCC2(c3cccc(F)c3)CC2)CC1. The van der Waals surface area contributed by atoms with Crippen molar-refractivity contribution in [2.45, 2.75) is 43.9 Å². The fraction of sp³-hybridized carbons (Fsp3) is 0.556. The summed E-state index contributed by atoms with van der Waals surface area (Å²) in [6.45, 7) is 0.536. The average molecular weight is 319 g/mol. The molecule has 2 aliphatic carbocycles. The van der Waals surface area contributed by atoms with Gasteiger partial charge in [-0.3, -0.25) is 9.59 Å². The topological polar surface area (TPSA) is 66.4 Å². The fourth-order valence-corrected chi connectivity index (χ4v) is 3.54. The van der Waals surface area contributed by atoms with Crippen LogP contribution in [0.15, 0.2) is 24.3 Å². The number of halogens is 1. The molecule has 0 heterocycles. The number of carbonyl (C=O) groups excluding carboxylic acids is 1. The first-order chi connectivity index (χ1) is 11.0. The van der Waals surface area contributed by atoms with Gasteiger partial charge in [-0.15, -0.1) is 0 Å². The number of hydrogen-bond acceptors (Lipinski definition) is 2. The summed E-state index contributed by atoms with van der Waals surface area (Å²) < 4.78 is 13.4. The number of carboxylic acid groups (broad SMARTS) is 1. The van der Waals surface area contributed by atoms with Crippen molar-refractivity contribution in [3.8, 4) is 0 Å². The van der Waals surface area contributed by atoms with E-state index in [1.54, 1.807) is 12.1 Å². The smallest absolute Gasteiger partial charge is 0.306 e. The highest BCUT2D eigenvalue weighted by Gasteiger charge is 2.44. The molecule has 0 spiro atoms. The molecule has 0 saturated heterocycles. The third kappa shape index (κ3) is 3.54. The summed E-state index contributed by atoms with van der Waals surface area (Å²) >= 11 is 0. The Hall–Kier alpha value is -1.91. The number of aliphatic carboxylic acids is 1. The van der Waals surface area contributed by atoms with Gasteiger partial charge in [-0.25, -0.2) is 4.39 Å². The molecule has 2 fully saturated rings. The van der Waals surface area contributed by atoms with Gasteiger partial charge in [0.05, 0.1) is 5.92 Å². The Labute approximate surface area is 135 Å². The Morgan fingerprint density at radius 1 is 1.17 bits per heavy atom. The molecule has 4 nitrogen and oxygen atoms in total. The summed E-state index contributed by atoms with van der Waals surface area (Å²) in [5.74, 6) is -1.38. The summed E-state index contributed by atoms with van der Waals surface area (Å²) in [4.78, 5) is 23.3. The van der Waals surface area contributed by atoms with Crippen molar-refractivity contribution in [1.29, 1.82) is 0 Å². The lowest BCUT2D eigenvalue weighted by molar-refractivity contribution is -0.144. The van der Waals surface area contributed by atoms with Crippen LogP contribution >= 0.6 is 0 Å². The van der Waals surface area contributed by atoms with Crippen molar-refractivity contribution in [3.05, 3.63) is 35.6 Å². The van der Waals surface area contributed by atoms with Gasteiger partial charge in [0.15, 0.2) is 0 Å². The second-order valence-electron chi connectivity index (χ2n) is 6.90. The van der Waals surface area contributed by atoms with Crippen molar-refractivity contribution < 1.29 is 19.1 Å². The summed E-state index contributed by atoms with van der Waals surface area (Å²) in [5, 5.41) is 12.0. The van der Waals surface area contributed by atoms with E-state index in [4.69, 9.17) is 5.11 Å². The Bertz CT molecular complexity index is 604. The molecule has 2 aliphatic rings. The molecule has 2 N–H and O–H groups in total. The van der Waals surface area contributed by atoms with E-state index in [0.29, 0.717) is 32.2 Å². The second kappa shape index (κ2) is 6.30. The number of carboxylic acids is 1. The van der Waals surface area contributed by atoms with E-state index in [0.717, 1.165) is 18.4 Å². The number of nitrogens with one attached hydrogen (secondary N) is 1. The maximum absolute atomic E-state index is 13.4. The number of rotatable bonds is 5. The predicted octanol–water partition coefficient (Wildman–Crippen LogP) is 2.86. The van der Waals surface area contributed by atoms with Crippen LogP contribution < -0.4 is 5.32 Å². The van der Waals surface area contributed by atoms with Crippen molar-refractivity contribution in [2.24, 2.45) is 11.8 Å². The van der Waals surface area contributed by atoms with E-state index < -0.39 is 5.97 Å². The molecule has 1 aromatic rings. The molecule has 0 bridgehead atoms. The van der Waals surface area contributed by atoms with Gasteiger partial charge in [0.1, 0.15) is 5.82 Å². The number of hydrogen-bond donors (Lipinski definition) is 2. The molecule has 2 saturated carbocycles. The second-order valence-corrected chi connectivity index (χ2v) is 6.90. The summed E-state index contributed by atoms with van der Waals surface area (Å²) in [6.07, 6.45) is 4.33. The standard InChI is InChI=1S/C18H22FNO3/c19-15-3-1-2-14(10-15)18(8-9-18)11-20-16(21)12-4-6-13(7-5-12)17(22)23/h1-3,10,12-13H,4-9,11H2,(H,20,21)(H,22,23). The zero-order valence-corrected chi connectivity index (χ0v) is 13.1. The van der Waals surface area contributed by atoms with Crippen LogP contribution in [0.25, 0.3) is 0 Å². The van der Waals surface area contributed by atoms with Crippen molar-refractivity contribution >= 4 is 11.9 Å². The number of amides is 1. The molecule has 3 rings (SSSR count). The molecule has 5 heteroatoms. The Morgan fingerprint density at radius 2 is 1.83 bits per heavy atom. The maximum Gasteiger partial charge on any atom is 0.306 e. The molecule has 124 valence electrons. The van der Waals surface area contributed by atoms with Crippen LogP contribution in [0.1, 0.15) is 44.1 Å². The zero-order valence-electron chi connectivity index (χ0n) is 13.1. The highest BCUT2D eigenvalue weighted by molar-refractivity contribution is 5.79. The van der Waals surface area contributed by atoms with E-state index in [9.17, 15) is 14.0 Å². The van der Waals surface area contributed by atoms with Gasteiger partial charge < -0.3 is 10.4 Å². The van der Waals surface area contributed by atoms with E-state index in [2.05, 4.69) is 5.32 Å². The highest BCUT2D eigenvalue weighted by Crippen LogP contribution is 2.47. The van der Waals surface area contributed by atoms with Crippen LogP contribution in [0.3, 0.4) is 0 Å². The lowest BCUT2D eigenvalue weighted by atomic mass is 9.81. The Kier molecular flexibility index (Phi) is 4.37. The minimum Gasteiger partial charge on any atom is -0.481 e. The van der Waals surface area contributed by atoms with Gasteiger partial charge in [0.2, 0.25) is 5.91 Å². The van der Waals surface area contributed by atoms with Gasteiger partial charge in [-0.2, -0.15) is 0 Å². The Balaban J connectivity index is 1.53. The number of carbonyl (C=O) groups is 2. The lowest BCUT2D eigenvalue weighted by Crippen LogP contribution is -2.38. The molecule has 23 heavy (non-hydrogen) atoms. The van der Waals surface area contributed by atoms with Gasteiger partial charge in [-0.1, -0.05) is 12.1 Å². The van der Waals surface area contributed by atoms with E-state index in [1.165, 1.54) is 6.07 Å². The monoisotopic (exact) mass is 319 g/mol. The highest BCUT2D eigenvalue weighted by atomic mass is 19.1. The molecule has 1 aromatic carbocycles. The minimum atomic E-state index is -0.758. The van der Waals surface area contributed by atoms with Gasteiger partial charge in [0.25, 0.3) is 0 Å². The lowest BCUT2D eigenvalue weighted by Gasteiger charge is -2.26. The van der Waals surface area contributed by atoms with Gasteiger partial charge in [0, 0.05) is 17.9 Å². The molecule has 0 atom stereocenters. The quantitative estimate of drug-likeness (QED) is 0.877. The molecular formula is C18H22FNO3. The molecular weight excluding hydrogens is 297 g/mol. The van der Waals surface area contributed by atoms with Crippen LogP contribution in [-0.2, 0) is 15.0 Å².